The van der Waals surface area contributed by atoms with Crippen molar-refractivity contribution in [1.82, 2.24) is 20.4 Å². The molecule has 0 saturated heterocycles. The highest BCUT2D eigenvalue weighted by Gasteiger charge is 2.35. The number of carbonyl (C=O) groups is 1. The van der Waals surface area contributed by atoms with Crippen LogP contribution in [0.1, 0.15) is 30.0 Å². The first-order valence-electron chi connectivity index (χ1n) is 9.54. The molecule has 7 heteroatoms. The van der Waals surface area contributed by atoms with Gasteiger partial charge in [-0.1, -0.05) is 52.7 Å². The molecule has 0 radical (unpaired) electrons. The van der Waals surface area contributed by atoms with Gasteiger partial charge in [0.25, 0.3) is 5.89 Å². The molecule has 1 aliphatic heterocycles. The first-order chi connectivity index (χ1) is 14.5. The average Bonchev–Trinajstić information content (AvgIpc) is 3.21. The third-order valence-corrected chi connectivity index (χ3v) is 5.33. The quantitative estimate of drug-likeness (QED) is 0.562. The number of nitrogens with zero attached hydrogens (tertiary/aromatic N) is 3. The molecule has 0 saturated carbocycles. The number of amides is 2. The van der Waals surface area contributed by atoms with Gasteiger partial charge in [-0.25, -0.2) is 4.79 Å². The molecule has 1 unspecified atom stereocenters. The Bertz CT molecular complexity index is 1120. The molecule has 0 fully saturated rings. The van der Waals surface area contributed by atoms with E-state index in [0.29, 0.717) is 23.3 Å². The Morgan fingerprint density at radius 2 is 1.87 bits per heavy atom. The smallest absolute Gasteiger partial charge is 0.322 e. The van der Waals surface area contributed by atoms with Gasteiger partial charge in [0, 0.05) is 22.8 Å². The van der Waals surface area contributed by atoms with Gasteiger partial charge >= 0.3 is 6.03 Å². The van der Waals surface area contributed by atoms with Crippen LogP contribution < -0.4 is 5.32 Å². The lowest BCUT2D eigenvalue weighted by Crippen LogP contribution is -2.46. The molecular weight excluding hydrogens is 400 g/mol. The number of halogens is 1. The largest absolute Gasteiger partial charge is 0.334 e. The summed E-state index contributed by atoms with van der Waals surface area (Å²) in [5.41, 5.74) is 4.37. The molecule has 6 nitrogen and oxygen atoms in total. The van der Waals surface area contributed by atoms with E-state index >= 15 is 0 Å². The molecule has 0 bridgehead atoms. The minimum Gasteiger partial charge on any atom is -0.334 e. The number of urea groups is 1. The van der Waals surface area contributed by atoms with Crippen LogP contribution >= 0.6 is 11.6 Å². The third-order valence-electron chi connectivity index (χ3n) is 5.08. The van der Waals surface area contributed by atoms with Crippen LogP contribution in [0.5, 0.6) is 0 Å². The summed E-state index contributed by atoms with van der Waals surface area (Å²) in [7, 11) is 0. The molecule has 2 amide bonds. The summed E-state index contributed by atoms with van der Waals surface area (Å²) < 4.78 is 5.64. The first kappa shape index (κ1) is 19.9. The highest BCUT2D eigenvalue weighted by atomic mass is 35.5. The third kappa shape index (κ3) is 3.74. The van der Waals surface area contributed by atoms with Crippen LogP contribution in [0.2, 0.25) is 5.02 Å². The Kier molecular flexibility index (Phi) is 5.42. The fraction of sp³-hybridized carbons (Fsp3) is 0.174. The topological polar surface area (TPSA) is 71.3 Å². The van der Waals surface area contributed by atoms with Gasteiger partial charge in [0.05, 0.1) is 11.6 Å². The predicted molar refractivity (Wildman–Crippen MR) is 117 cm³/mol. The number of benzene rings is 2. The highest BCUT2D eigenvalue weighted by Crippen LogP contribution is 2.37. The van der Waals surface area contributed by atoms with E-state index in [0.717, 1.165) is 28.0 Å². The van der Waals surface area contributed by atoms with Gasteiger partial charge in [-0.15, -0.1) is 6.58 Å². The zero-order chi connectivity index (χ0) is 21.3. The second-order valence-electron chi connectivity index (χ2n) is 7.12. The first-order valence-corrected chi connectivity index (χ1v) is 9.92. The second-order valence-corrected chi connectivity index (χ2v) is 7.56. The minimum absolute atomic E-state index is 0.195. The van der Waals surface area contributed by atoms with Gasteiger partial charge in [-0.2, -0.15) is 4.98 Å². The number of allylic oxidation sites excluding steroid dienone is 1. The van der Waals surface area contributed by atoms with Gasteiger partial charge < -0.3 is 9.84 Å². The summed E-state index contributed by atoms with van der Waals surface area (Å²) in [5.74, 6) is 0.814. The summed E-state index contributed by atoms with van der Waals surface area (Å²) in [6.07, 6.45) is 1.68. The molecule has 2 heterocycles. The molecule has 1 atom stereocenters. The van der Waals surface area contributed by atoms with Crippen molar-refractivity contribution < 1.29 is 9.32 Å². The number of aryl methyl sites for hydroxylation is 1. The summed E-state index contributed by atoms with van der Waals surface area (Å²) in [6, 6.07) is 14.6. The van der Waals surface area contributed by atoms with Gasteiger partial charge in [-0.05, 0) is 43.7 Å². The van der Waals surface area contributed by atoms with Crippen LogP contribution in [0.25, 0.3) is 17.0 Å². The molecule has 0 spiro atoms. The molecule has 1 aliphatic rings. The van der Waals surface area contributed by atoms with Crippen LogP contribution in [0.4, 0.5) is 4.79 Å². The van der Waals surface area contributed by atoms with Crippen LogP contribution in [0.3, 0.4) is 0 Å². The van der Waals surface area contributed by atoms with Gasteiger partial charge in [0.1, 0.15) is 0 Å². The van der Waals surface area contributed by atoms with Crippen molar-refractivity contribution in [3.8, 4) is 11.4 Å². The maximum absolute atomic E-state index is 12.7. The number of aromatic nitrogens is 2. The molecule has 4 rings (SSSR count). The van der Waals surface area contributed by atoms with Crippen molar-refractivity contribution >= 4 is 23.2 Å². The predicted octanol–water partition coefficient (Wildman–Crippen LogP) is 5.38. The van der Waals surface area contributed by atoms with E-state index in [1.165, 1.54) is 0 Å². The van der Waals surface area contributed by atoms with Crippen molar-refractivity contribution in [3.63, 3.8) is 0 Å². The van der Waals surface area contributed by atoms with Crippen molar-refractivity contribution in [1.29, 1.82) is 0 Å². The van der Waals surface area contributed by atoms with Gasteiger partial charge in [0.2, 0.25) is 5.82 Å². The van der Waals surface area contributed by atoms with Crippen LogP contribution in [-0.4, -0.2) is 27.6 Å². The molecule has 3 aromatic rings. The van der Waals surface area contributed by atoms with E-state index in [1.54, 1.807) is 23.1 Å². The fourth-order valence-corrected chi connectivity index (χ4v) is 3.59. The Balaban J connectivity index is 1.81. The van der Waals surface area contributed by atoms with Crippen LogP contribution in [0, 0.1) is 6.92 Å². The lowest BCUT2D eigenvalue weighted by molar-refractivity contribution is 0.209. The van der Waals surface area contributed by atoms with Crippen LogP contribution in [-0.2, 0) is 0 Å². The van der Waals surface area contributed by atoms with E-state index in [-0.39, 0.29) is 6.03 Å². The Hall–Kier alpha value is -3.38. The van der Waals surface area contributed by atoms with Crippen LogP contribution in [0.15, 0.2) is 71.4 Å². The van der Waals surface area contributed by atoms with Crippen molar-refractivity contribution in [2.75, 3.05) is 6.54 Å². The van der Waals surface area contributed by atoms with Crippen molar-refractivity contribution in [2.24, 2.45) is 0 Å². The number of rotatable bonds is 5. The summed E-state index contributed by atoms with van der Waals surface area (Å²) >= 11 is 5.98. The lowest BCUT2D eigenvalue weighted by atomic mass is 9.94. The molecule has 1 aromatic heterocycles. The Morgan fingerprint density at radius 1 is 1.17 bits per heavy atom. The minimum atomic E-state index is -0.405. The number of hydrogen-bond acceptors (Lipinski definition) is 4. The van der Waals surface area contributed by atoms with E-state index in [2.05, 4.69) is 22.0 Å². The van der Waals surface area contributed by atoms with Gasteiger partial charge in [0.15, 0.2) is 0 Å². The maximum Gasteiger partial charge on any atom is 0.322 e. The van der Waals surface area contributed by atoms with E-state index in [9.17, 15) is 4.79 Å². The lowest BCUT2D eigenvalue weighted by Gasteiger charge is -2.34. The van der Waals surface area contributed by atoms with E-state index < -0.39 is 6.04 Å². The molecule has 1 N–H and O–H groups in total. The van der Waals surface area contributed by atoms with Crippen molar-refractivity contribution in [3.05, 3.63) is 88.9 Å². The molecule has 152 valence electrons. The summed E-state index contributed by atoms with van der Waals surface area (Å²) in [6.45, 7) is 8.03. The van der Waals surface area contributed by atoms with E-state index in [1.807, 2.05) is 50.2 Å². The molecular formula is C23H21ClN4O2. The number of nitrogens with one attached hydrogen (secondary N) is 1. The summed E-state index contributed by atoms with van der Waals surface area (Å²) in [4.78, 5) is 19.0. The molecule has 30 heavy (non-hydrogen) atoms. The monoisotopic (exact) mass is 420 g/mol. The summed E-state index contributed by atoms with van der Waals surface area (Å²) in [5, 5.41) is 7.84. The Morgan fingerprint density at radius 3 is 2.53 bits per heavy atom. The number of carbonyl (C=O) groups excluding carboxylic acids is 1. The normalized spacial score (nSPS) is 16.6. The Labute approximate surface area is 179 Å². The van der Waals surface area contributed by atoms with Crippen molar-refractivity contribution in [2.45, 2.75) is 19.9 Å². The standard InChI is InChI=1S/C23H21ClN4O2/c1-4-13-28-15(3)19(20(25-23(28)29)16-7-5-14(2)6-8-16)22-26-21(27-30-22)17-9-11-18(24)12-10-17/h4-12,20H,1,13H2,2-3H3,(H,25,29). The second kappa shape index (κ2) is 8.16. The number of hydrogen-bond donors (Lipinski definition) is 1. The SMILES string of the molecule is C=CCN1C(=O)NC(c2ccc(C)cc2)C(c2nc(-c3ccc(Cl)cc3)no2)=C1C. The fourth-order valence-electron chi connectivity index (χ4n) is 3.47. The molecule has 0 aliphatic carbocycles. The highest BCUT2D eigenvalue weighted by molar-refractivity contribution is 6.30. The van der Waals surface area contributed by atoms with Gasteiger partial charge in [-0.3, -0.25) is 4.90 Å². The molecule has 2 aromatic carbocycles. The average molecular weight is 421 g/mol. The zero-order valence-corrected chi connectivity index (χ0v) is 17.5. The zero-order valence-electron chi connectivity index (χ0n) is 16.7. The van der Waals surface area contributed by atoms with E-state index in [4.69, 9.17) is 16.1 Å². The maximum atomic E-state index is 12.7.